The highest BCUT2D eigenvalue weighted by Gasteiger charge is 2.17. The zero-order valence-electron chi connectivity index (χ0n) is 10.5. The fourth-order valence-electron chi connectivity index (χ4n) is 2.07. The topological polar surface area (TPSA) is 64.3 Å². The second-order valence-electron chi connectivity index (χ2n) is 4.49. The molecule has 0 radical (unpaired) electrons. The van der Waals surface area contributed by atoms with E-state index in [1.807, 2.05) is 17.7 Å². The van der Waals surface area contributed by atoms with Crippen LogP contribution in [0.5, 0.6) is 0 Å². The average Bonchev–Trinajstić information content (AvgIpc) is 2.68. The number of carboxylic acid groups (broad SMARTS) is 1. The number of rotatable bonds is 5. The third-order valence-corrected chi connectivity index (χ3v) is 3.83. The molecule has 0 spiro atoms. The Morgan fingerprint density at radius 3 is 3.17 bits per heavy atom. The Labute approximate surface area is 111 Å². The van der Waals surface area contributed by atoms with Gasteiger partial charge in [0.05, 0.1) is 24.1 Å². The van der Waals surface area contributed by atoms with Gasteiger partial charge in [-0.2, -0.15) is 0 Å². The maximum atomic E-state index is 10.6. The van der Waals surface area contributed by atoms with Crippen LogP contribution in [-0.4, -0.2) is 39.1 Å². The molecule has 18 heavy (non-hydrogen) atoms. The Morgan fingerprint density at radius 2 is 2.50 bits per heavy atom. The first kappa shape index (κ1) is 13.4. The third-order valence-electron chi connectivity index (χ3n) is 2.86. The average molecular weight is 270 g/mol. The molecule has 1 saturated heterocycles. The number of ether oxygens (including phenoxy) is 1. The molecule has 0 bridgehead atoms. The van der Waals surface area contributed by atoms with Crippen molar-refractivity contribution in [2.45, 2.75) is 44.0 Å². The Hall–Kier alpha value is -1.01. The van der Waals surface area contributed by atoms with E-state index in [9.17, 15) is 4.79 Å². The van der Waals surface area contributed by atoms with Gasteiger partial charge in [0.15, 0.2) is 5.16 Å². The number of aryl methyl sites for hydroxylation is 1. The number of carboxylic acids is 1. The minimum absolute atomic E-state index is 0.0436. The Balaban J connectivity index is 1.99. The fraction of sp³-hybridized carbons (Fsp3) is 0.667. The Morgan fingerprint density at radius 1 is 1.67 bits per heavy atom. The summed E-state index contributed by atoms with van der Waals surface area (Å²) in [5.74, 6) is -0.775. The summed E-state index contributed by atoms with van der Waals surface area (Å²) in [4.78, 5) is 15.0. The number of imidazole rings is 1. The number of thioether (sulfide) groups is 1. The van der Waals surface area contributed by atoms with E-state index in [4.69, 9.17) is 9.84 Å². The van der Waals surface area contributed by atoms with Gasteiger partial charge in [0.1, 0.15) is 0 Å². The molecule has 6 heteroatoms. The van der Waals surface area contributed by atoms with Gasteiger partial charge in [-0.25, -0.2) is 4.98 Å². The SMILES string of the molecule is Cc1cn(CC2CCCCO2)c(SCC(=O)O)n1. The van der Waals surface area contributed by atoms with Crippen molar-refractivity contribution < 1.29 is 14.6 Å². The molecule has 1 unspecified atom stereocenters. The maximum absolute atomic E-state index is 10.6. The summed E-state index contributed by atoms with van der Waals surface area (Å²) >= 11 is 1.26. The first-order chi connectivity index (χ1) is 8.65. The van der Waals surface area contributed by atoms with Gasteiger partial charge >= 0.3 is 5.97 Å². The standard InChI is InChI=1S/C12H18N2O3S/c1-9-6-14(7-10-4-2-3-5-17-10)12(13-9)18-8-11(15)16/h6,10H,2-5,7-8H2,1H3,(H,15,16). The lowest BCUT2D eigenvalue weighted by atomic mass is 10.1. The molecule has 1 atom stereocenters. The molecule has 2 rings (SSSR count). The lowest BCUT2D eigenvalue weighted by molar-refractivity contribution is -0.133. The van der Waals surface area contributed by atoms with Crippen LogP contribution in [0.1, 0.15) is 25.0 Å². The van der Waals surface area contributed by atoms with Crippen molar-refractivity contribution in [2.75, 3.05) is 12.4 Å². The number of carbonyl (C=O) groups is 1. The van der Waals surface area contributed by atoms with Crippen LogP contribution in [0.3, 0.4) is 0 Å². The molecule has 1 fully saturated rings. The van der Waals surface area contributed by atoms with Crippen LogP contribution in [0, 0.1) is 6.92 Å². The number of aliphatic carboxylic acids is 1. The third kappa shape index (κ3) is 3.74. The predicted octanol–water partition coefficient (Wildman–Crippen LogP) is 1.94. The normalized spacial score (nSPS) is 19.9. The zero-order chi connectivity index (χ0) is 13.0. The van der Waals surface area contributed by atoms with Crippen LogP contribution in [0.25, 0.3) is 0 Å². The van der Waals surface area contributed by atoms with Crippen LogP contribution >= 0.6 is 11.8 Å². The summed E-state index contributed by atoms with van der Waals surface area (Å²) in [5, 5.41) is 9.48. The van der Waals surface area contributed by atoms with Gasteiger partial charge in [-0.05, 0) is 26.2 Å². The van der Waals surface area contributed by atoms with Crippen molar-refractivity contribution in [3.05, 3.63) is 11.9 Å². The largest absolute Gasteiger partial charge is 0.481 e. The van der Waals surface area contributed by atoms with Gasteiger partial charge in [0.2, 0.25) is 0 Å². The van der Waals surface area contributed by atoms with Crippen LogP contribution in [0.2, 0.25) is 0 Å². The second kappa shape index (κ2) is 6.24. The lowest BCUT2D eigenvalue weighted by Gasteiger charge is -2.23. The number of aromatic nitrogens is 2. The van der Waals surface area contributed by atoms with Crippen LogP contribution in [0.4, 0.5) is 0 Å². The van der Waals surface area contributed by atoms with E-state index in [-0.39, 0.29) is 11.9 Å². The molecule has 1 N–H and O–H groups in total. The van der Waals surface area contributed by atoms with Crippen molar-refractivity contribution >= 4 is 17.7 Å². The first-order valence-electron chi connectivity index (χ1n) is 6.15. The molecule has 0 aliphatic carbocycles. The highest BCUT2D eigenvalue weighted by molar-refractivity contribution is 7.99. The minimum atomic E-state index is -0.818. The maximum Gasteiger partial charge on any atom is 0.313 e. The molecule has 1 aliphatic heterocycles. The fourth-order valence-corrected chi connectivity index (χ4v) is 2.82. The molecule has 2 heterocycles. The molecule has 0 saturated carbocycles. The molecule has 0 aromatic carbocycles. The van der Waals surface area contributed by atoms with Gasteiger partial charge in [0.25, 0.3) is 0 Å². The summed E-state index contributed by atoms with van der Waals surface area (Å²) in [6.07, 6.45) is 5.61. The zero-order valence-corrected chi connectivity index (χ0v) is 11.3. The number of nitrogens with zero attached hydrogens (tertiary/aromatic N) is 2. The van der Waals surface area contributed by atoms with Crippen molar-refractivity contribution in [3.8, 4) is 0 Å². The van der Waals surface area contributed by atoms with Gasteiger partial charge in [0, 0.05) is 12.8 Å². The van der Waals surface area contributed by atoms with Crippen LogP contribution in [-0.2, 0) is 16.1 Å². The first-order valence-corrected chi connectivity index (χ1v) is 7.13. The highest BCUT2D eigenvalue weighted by Crippen LogP contribution is 2.21. The monoisotopic (exact) mass is 270 g/mol. The van der Waals surface area contributed by atoms with Gasteiger partial charge in [-0.1, -0.05) is 11.8 Å². The molecular weight excluding hydrogens is 252 g/mol. The summed E-state index contributed by atoms with van der Waals surface area (Å²) in [6, 6.07) is 0. The molecule has 1 aliphatic rings. The van der Waals surface area contributed by atoms with Crippen molar-refractivity contribution in [1.82, 2.24) is 9.55 Å². The van der Waals surface area contributed by atoms with Gasteiger partial charge in [-0.15, -0.1) is 0 Å². The minimum Gasteiger partial charge on any atom is -0.481 e. The summed E-state index contributed by atoms with van der Waals surface area (Å²) in [5.41, 5.74) is 0.915. The number of hydrogen-bond donors (Lipinski definition) is 1. The van der Waals surface area contributed by atoms with Crippen LogP contribution in [0.15, 0.2) is 11.4 Å². The predicted molar refractivity (Wildman–Crippen MR) is 68.9 cm³/mol. The van der Waals surface area contributed by atoms with Crippen LogP contribution < -0.4 is 0 Å². The molecular formula is C12H18N2O3S. The van der Waals surface area contributed by atoms with E-state index >= 15 is 0 Å². The van der Waals surface area contributed by atoms with E-state index in [1.165, 1.54) is 18.2 Å². The highest BCUT2D eigenvalue weighted by atomic mass is 32.2. The lowest BCUT2D eigenvalue weighted by Crippen LogP contribution is -2.24. The summed E-state index contributed by atoms with van der Waals surface area (Å²) in [7, 11) is 0. The second-order valence-corrected chi connectivity index (χ2v) is 5.43. The van der Waals surface area contributed by atoms with E-state index in [0.717, 1.165) is 36.8 Å². The summed E-state index contributed by atoms with van der Waals surface area (Å²) < 4.78 is 7.71. The van der Waals surface area contributed by atoms with E-state index < -0.39 is 5.97 Å². The van der Waals surface area contributed by atoms with Crippen molar-refractivity contribution in [1.29, 1.82) is 0 Å². The number of hydrogen-bond acceptors (Lipinski definition) is 4. The van der Waals surface area contributed by atoms with E-state index in [1.54, 1.807) is 0 Å². The molecule has 100 valence electrons. The van der Waals surface area contributed by atoms with E-state index in [2.05, 4.69) is 4.98 Å². The van der Waals surface area contributed by atoms with Crippen molar-refractivity contribution in [3.63, 3.8) is 0 Å². The van der Waals surface area contributed by atoms with Crippen molar-refractivity contribution in [2.24, 2.45) is 0 Å². The smallest absolute Gasteiger partial charge is 0.313 e. The molecule has 1 aromatic heterocycles. The van der Waals surface area contributed by atoms with Gasteiger partial charge < -0.3 is 14.4 Å². The van der Waals surface area contributed by atoms with E-state index in [0.29, 0.717) is 0 Å². The molecule has 1 aromatic rings. The van der Waals surface area contributed by atoms with Gasteiger partial charge in [-0.3, -0.25) is 4.79 Å². The summed E-state index contributed by atoms with van der Waals surface area (Å²) in [6.45, 7) is 3.52. The quantitative estimate of drug-likeness (QED) is 0.828. The Kier molecular flexibility index (Phi) is 4.66. The molecule has 0 amide bonds. The Bertz CT molecular complexity index is 413. The molecule has 5 nitrogen and oxygen atoms in total.